The molecule has 10 nitrogen and oxygen atoms in total. The molecule has 2 rings (SSSR count). The second kappa shape index (κ2) is 8.63. The Morgan fingerprint density at radius 2 is 1.88 bits per heavy atom. The van der Waals surface area contributed by atoms with Crippen LogP contribution in [0.25, 0.3) is 0 Å². The van der Waals surface area contributed by atoms with E-state index < -0.39 is 40.4 Å². The Balaban J connectivity index is 0.00000312. The zero-order valence-electron chi connectivity index (χ0n) is 12.4. The van der Waals surface area contributed by atoms with E-state index in [2.05, 4.69) is 10.1 Å². The Morgan fingerprint density at radius 3 is 2.40 bits per heavy atom. The Kier molecular flexibility index (Phi) is 7.38. The standard InChI is InChI=1S/C13H14N2O8S.Na.H/c1-22-12(17)10-9(11(16)15(10)24(19,20)21)14-13(18)23-7-8-5-3-2-4-6-8;;/h2-6,9-10H,7H2,1H3,(H,14,18)(H,19,20,21);;. The number of rotatable bonds is 5. The summed E-state index contributed by atoms with van der Waals surface area (Å²) < 4.78 is 40.3. The van der Waals surface area contributed by atoms with E-state index in [1.807, 2.05) is 0 Å². The SMILES string of the molecule is COC(=O)C1C(NC(=O)OCc2ccccc2)C(=O)N1S(=O)(=O)O.[NaH]. The van der Waals surface area contributed by atoms with Crippen LogP contribution in [0.5, 0.6) is 0 Å². The van der Waals surface area contributed by atoms with Gasteiger partial charge >= 0.3 is 51.9 Å². The van der Waals surface area contributed by atoms with E-state index in [1.165, 1.54) is 0 Å². The molecule has 2 N–H and O–H groups in total. The van der Waals surface area contributed by atoms with Crippen molar-refractivity contribution in [2.24, 2.45) is 0 Å². The molecular weight excluding hydrogens is 367 g/mol. The first-order valence-corrected chi connectivity index (χ1v) is 8.01. The molecule has 0 aliphatic carbocycles. The fourth-order valence-corrected chi connectivity index (χ4v) is 2.94. The summed E-state index contributed by atoms with van der Waals surface area (Å²) in [6, 6.07) is 5.47. The molecule has 1 heterocycles. The summed E-state index contributed by atoms with van der Waals surface area (Å²) in [6.45, 7) is -0.0848. The van der Waals surface area contributed by atoms with E-state index >= 15 is 0 Å². The fraction of sp³-hybridized carbons (Fsp3) is 0.308. The van der Waals surface area contributed by atoms with Crippen LogP contribution < -0.4 is 5.32 Å². The van der Waals surface area contributed by atoms with Gasteiger partial charge in [0.25, 0.3) is 5.91 Å². The molecule has 12 heteroatoms. The number of amides is 2. The van der Waals surface area contributed by atoms with E-state index in [0.29, 0.717) is 5.56 Å². The summed E-state index contributed by atoms with van der Waals surface area (Å²) >= 11 is 0. The Morgan fingerprint density at radius 1 is 1.28 bits per heavy atom. The first-order chi connectivity index (χ1) is 11.3. The number of carbonyl (C=O) groups excluding carboxylic acids is 3. The second-order valence-electron chi connectivity index (χ2n) is 4.76. The molecule has 1 aromatic rings. The molecule has 1 aliphatic rings. The van der Waals surface area contributed by atoms with E-state index in [4.69, 9.17) is 9.29 Å². The predicted molar refractivity (Wildman–Crippen MR) is 84.9 cm³/mol. The van der Waals surface area contributed by atoms with Gasteiger partial charge in [0, 0.05) is 0 Å². The summed E-state index contributed by atoms with van der Waals surface area (Å²) in [5.41, 5.74) is 0.691. The summed E-state index contributed by atoms with van der Waals surface area (Å²) in [4.78, 5) is 35.1. The molecule has 0 spiro atoms. The van der Waals surface area contributed by atoms with Crippen LogP contribution in [0.1, 0.15) is 5.56 Å². The quantitative estimate of drug-likeness (QED) is 0.281. The van der Waals surface area contributed by atoms with E-state index in [-0.39, 0.29) is 40.5 Å². The number of hydrogen-bond donors (Lipinski definition) is 2. The maximum absolute atomic E-state index is 11.8. The first kappa shape index (κ1) is 21.4. The van der Waals surface area contributed by atoms with Gasteiger partial charge in [-0.25, -0.2) is 9.59 Å². The monoisotopic (exact) mass is 382 g/mol. The van der Waals surface area contributed by atoms with Gasteiger partial charge in [0.2, 0.25) is 0 Å². The third-order valence-electron chi connectivity index (χ3n) is 3.23. The fourth-order valence-electron chi connectivity index (χ4n) is 2.10. The van der Waals surface area contributed by atoms with Crippen LogP contribution in [0.15, 0.2) is 30.3 Å². The number of alkyl carbamates (subject to hydrolysis) is 1. The number of nitrogens with zero attached hydrogens (tertiary/aromatic N) is 1. The Hall–Kier alpha value is -1.66. The normalized spacial score (nSPS) is 19.3. The van der Waals surface area contributed by atoms with Crippen molar-refractivity contribution >= 4 is 57.8 Å². The average molecular weight is 382 g/mol. The Labute approximate surface area is 165 Å². The number of ether oxygens (including phenoxy) is 2. The van der Waals surface area contributed by atoms with Gasteiger partial charge < -0.3 is 14.8 Å². The molecule has 1 fully saturated rings. The van der Waals surface area contributed by atoms with Gasteiger partial charge in [-0.2, -0.15) is 12.7 Å². The maximum atomic E-state index is 11.8. The van der Waals surface area contributed by atoms with E-state index in [0.717, 1.165) is 7.11 Å². The van der Waals surface area contributed by atoms with Crippen molar-refractivity contribution in [1.82, 2.24) is 9.62 Å². The average Bonchev–Trinajstić information content (AvgIpc) is 2.54. The van der Waals surface area contributed by atoms with Crippen molar-refractivity contribution < 1.29 is 36.8 Å². The van der Waals surface area contributed by atoms with Crippen molar-refractivity contribution in [1.29, 1.82) is 0 Å². The van der Waals surface area contributed by atoms with Crippen molar-refractivity contribution in [3.05, 3.63) is 35.9 Å². The third kappa shape index (κ3) is 4.92. The minimum atomic E-state index is -4.95. The summed E-state index contributed by atoms with van der Waals surface area (Å²) in [5.74, 6) is -2.29. The molecule has 132 valence electrons. The molecule has 0 aromatic heterocycles. The summed E-state index contributed by atoms with van der Waals surface area (Å²) in [5, 5.41) is 2.08. The molecule has 2 amide bonds. The van der Waals surface area contributed by atoms with Crippen molar-refractivity contribution in [3.63, 3.8) is 0 Å². The molecule has 2 unspecified atom stereocenters. The van der Waals surface area contributed by atoms with Crippen LogP contribution in [0, 0.1) is 0 Å². The zero-order valence-corrected chi connectivity index (χ0v) is 13.2. The van der Waals surface area contributed by atoms with Crippen molar-refractivity contribution in [2.45, 2.75) is 18.7 Å². The number of hydrogen-bond acceptors (Lipinski definition) is 7. The van der Waals surface area contributed by atoms with Crippen molar-refractivity contribution in [3.8, 4) is 0 Å². The van der Waals surface area contributed by atoms with Gasteiger partial charge in [0.15, 0.2) is 6.04 Å². The number of carbonyl (C=O) groups is 3. The number of nitrogens with one attached hydrogen (secondary N) is 1. The second-order valence-corrected chi connectivity index (χ2v) is 6.05. The topological polar surface area (TPSA) is 139 Å². The van der Waals surface area contributed by atoms with Gasteiger partial charge in [-0.3, -0.25) is 9.35 Å². The molecule has 1 saturated heterocycles. The molecule has 1 aromatic carbocycles. The molecule has 2 atom stereocenters. The van der Waals surface area contributed by atoms with Gasteiger partial charge in [-0.15, -0.1) is 0 Å². The molecule has 0 radical (unpaired) electrons. The summed E-state index contributed by atoms with van der Waals surface area (Å²) in [6.07, 6.45) is -1.03. The number of benzene rings is 1. The van der Waals surface area contributed by atoms with Crippen LogP contribution in [-0.4, -0.2) is 84.0 Å². The van der Waals surface area contributed by atoms with E-state index in [1.54, 1.807) is 30.3 Å². The van der Waals surface area contributed by atoms with Gasteiger partial charge in [0.1, 0.15) is 12.6 Å². The third-order valence-corrected chi connectivity index (χ3v) is 4.13. The Bertz CT molecular complexity index is 755. The predicted octanol–water partition coefficient (Wildman–Crippen LogP) is -1.18. The zero-order chi connectivity index (χ0) is 17.9. The van der Waals surface area contributed by atoms with Crippen molar-refractivity contribution in [2.75, 3.05) is 7.11 Å². The van der Waals surface area contributed by atoms with E-state index in [9.17, 15) is 22.8 Å². The summed E-state index contributed by atoms with van der Waals surface area (Å²) in [7, 11) is -3.98. The van der Waals surface area contributed by atoms with Crippen LogP contribution in [-0.2, 0) is 36.0 Å². The molecule has 1 aliphatic heterocycles. The van der Waals surface area contributed by atoms with Crippen LogP contribution >= 0.6 is 0 Å². The van der Waals surface area contributed by atoms with Crippen LogP contribution in [0.2, 0.25) is 0 Å². The van der Waals surface area contributed by atoms with Crippen LogP contribution in [0.3, 0.4) is 0 Å². The molecular formula is C13H15N2NaO8S. The number of esters is 1. The number of β-lactam (4-membered cyclic amide) rings is 1. The van der Waals surface area contributed by atoms with Crippen LogP contribution in [0.4, 0.5) is 4.79 Å². The van der Waals surface area contributed by atoms with Gasteiger partial charge in [-0.1, -0.05) is 30.3 Å². The first-order valence-electron chi connectivity index (χ1n) is 6.61. The van der Waals surface area contributed by atoms with Gasteiger partial charge in [-0.05, 0) is 5.56 Å². The molecule has 0 saturated carbocycles. The molecule has 0 bridgehead atoms. The van der Waals surface area contributed by atoms with Gasteiger partial charge in [0.05, 0.1) is 7.11 Å². The minimum absolute atomic E-state index is 0. The molecule has 25 heavy (non-hydrogen) atoms. The number of methoxy groups -OCH3 is 1.